The van der Waals surface area contributed by atoms with Crippen LogP contribution in [-0.2, 0) is 6.54 Å². The molecule has 1 aromatic rings. The summed E-state index contributed by atoms with van der Waals surface area (Å²) in [5.41, 5.74) is 3.27. The molecule has 24 heavy (non-hydrogen) atoms. The Bertz CT molecular complexity index is 578. The van der Waals surface area contributed by atoms with E-state index in [0.29, 0.717) is 6.04 Å². The van der Waals surface area contributed by atoms with Crippen molar-refractivity contribution in [3.8, 4) is 6.07 Å². The van der Waals surface area contributed by atoms with E-state index < -0.39 is 0 Å². The molecule has 2 fully saturated rings. The zero-order valence-corrected chi connectivity index (χ0v) is 15.0. The molecule has 0 aliphatic carbocycles. The van der Waals surface area contributed by atoms with Crippen LogP contribution in [0.25, 0.3) is 0 Å². The van der Waals surface area contributed by atoms with E-state index in [1.807, 2.05) is 6.07 Å². The van der Waals surface area contributed by atoms with Crippen LogP contribution < -0.4 is 10.2 Å². The molecule has 0 radical (unpaired) electrons. The third kappa shape index (κ3) is 4.07. The molecule has 0 atom stereocenters. The van der Waals surface area contributed by atoms with Crippen molar-refractivity contribution in [2.75, 3.05) is 58.3 Å². The van der Waals surface area contributed by atoms with Gasteiger partial charge in [0.2, 0.25) is 0 Å². The van der Waals surface area contributed by atoms with E-state index in [-0.39, 0.29) is 0 Å². The number of hydrogen-bond donors (Lipinski definition) is 1. The van der Waals surface area contributed by atoms with Crippen molar-refractivity contribution in [1.29, 1.82) is 5.26 Å². The fraction of sp³-hybridized carbons (Fsp3) is 0.632. The number of nitrogens with one attached hydrogen (secondary N) is 1. The first-order chi connectivity index (χ1) is 11.7. The monoisotopic (exact) mass is 327 g/mol. The van der Waals surface area contributed by atoms with Gasteiger partial charge in [-0.25, -0.2) is 0 Å². The summed E-state index contributed by atoms with van der Waals surface area (Å²) in [7, 11) is 4.35. The molecule has 0 unspecified atom stereocenters. The predicted molar refractivity (Wildman–Crippen MR) is 98.2 cm³/mol. The normalized spacial score (nSPS) is 20.3. The molecule has 3 rings (SSSR count). The van der Waals surface area contributed by atoms with E-state index in [1.54, 1.807) is 0 Å². The summed E-state index contributed by atoms with van der Waals surface area (Å²) in [5, 5.41) is 12.8. The van der Waals surface area contributed by atoms with Gasteiger partial charge in [0.05, 0.1) is 11.6 Å². The topological polar surface area (TPSA) is 45.5 Å². The molecule has 0 spiro atoms. The van der Waals surface area contributed by atoms with Crippen LogP contribution in [0.2, 0.25) is 0 Å². The summed E-state index contributed by atoms with van der Waals surface area (Å²) in [6.07, 6.45) is 2.42. The molecule has 5 nitrogen and oxygen atoms in total. The Morgan fingerprint density at radius 1 is 1.17 bits per heavy atom. The van der Waals surface area contributed by atoms with E-state index in [9.17, 15) is 5.26 Å². The highest BCUT2D eigenvalue weighted by atomic mass is 15.2. The van der Waals surface area contributed by atoms with Crippen LogP contribution in [0.4, 0.5) is 5.69 Å². The zero-order chi connectivity index (χ0) is 16.9. The first-order valence-corrected chi connectivity index (χ1v) is 9.05. The summed E-state index contributed by atoms with van der Waals surface area (Å²) in [6, 6.07) is 9.44. The molecule has 2 aliphatic heterocycles. The van der Waals surface area contributed by atoms with E-state index in [1.165, 1.54) is 24.1 Å². The second-order valence-corrected chi connectivity index (χ2v) is 7.16. The Hall–Kier alpha value is -1.61. The van der Waals surface area contributed by atoms with Crippen LogP contribution in [0.5, 0.6) is 0 Å². The Balaban J connectivity index is 1.70. The Morgan fingerprint density at radius 2 is 1.88 bits per heavy atom. The minimum atomic E-state index is 0.694. The summed E-state index contributed by atoms with van der Waals surface area (Å²) in [6.45, 7) is 7.28. The highest BCUT2D eigenvalue weighted by molar-refractivity contribution is 5.54. The Labute approximate surface area is 145 Å². The molecule has 2 aliphatic rings. The molecule has 0 amide bonds. The molecule has 5 heteroatoms. The van der Waals surface area contributed by atoms with Crippen LogP contribution >= 0.6 is 0 Å². The lowest BCUT2D eigenvalue weighted by molar-refractivity contribution is 0.233. The second-order valence-electron chi connectivity index (χ2n) is 7.16. The molecule has 0 saturated carbocycles. The van der Waals surface area contributed by atoms with Crippen LogP contribution in [0.15, 0.2) is 18.2 Å². The minimum absolute atomic E-state index is 0.694. The Kier molecular flexibility index (Phi) is 5.72. The van der Waals surface area contributed by atoms with Gasteiger partial charge in [-0.1, -0.05) is 0 Å². The van der Waals surface area contributed by atoms with Gasteiger partial charge in [-0.15, -0.1) is 0 Å². The van der Waals surface area contributed by atoms with Crippen molar-refractivity contribution in [1.82, 2.24) is 15.1 Å². The number of nitriles is 1. The van der Waals surface area contributed by atoms with Crippen molar-refractivity contribution in [3.05, 3.63) is 29.3 Å². The number of rotatable bonds is 4. The third-order valence-electron chi connectivity index (χ3n) is 5.37. The number of piperidine rings is 1. The standard InChI is InChI=1S/C19H29N5/c1-22(2)18-5-9-24(10-6-18)19-4-3-16(14-20)17(13-19)15-23-11-7-21-8-12-23/h3-4,13,18,21H,5-12,15H2,1-2H3. The molecule has 0 bridgehead atoms. The van der Waals surface area contributed by atoms with Crippen molar-refractivity contribution in [3.63, 3.8) is 0 Å². The van der Waals surface area contributed by atoms with E-state index >= 15 is 0 Å². The van der Waals surface area contributed by atoms with Gasteiger partial charge >= 0.3 is 0 Å². The maximum Gasteiger partial charge on any atom is 0.0995 e. The maximum absolute atomic E-state index is 9.44. The number of benzene rings is 1. The summed E-state index contributed by atoms with van der Waals surface area (Å²) in [4.78, 5) is 7.25. The SMILES string of the molecule is CN(C)C1CCN(c2ccc(C#N)c(CN3CCNCC3)c2)CC1. The van der Waals surface area contributed by atoms with Crippen LogP contribution in [-0.4, -0.2) is 69.2 Å². The average Bonchev–Trinajstić information content (AvgIpc) is 2.62. The van der Waals surface area contributed by atoms with Gasteiger partial charge in [0, 0.05) is 57.5 Å². The Morgan fingerprint density at radius 3 is 2.50 bits per heavy atom. The average molecular weight is 327 g/mol. The molecular formula is C19H29N5. The van der Waals surface area contributed by atoms with E-state index in [4.69, 9.17) is 0 Å². The van der Waals surface area contributed by atoms with E-state index in [0.717, 1.165) is 51.4 Å². The molecular weight excluding hydrogens is 298 g/mol. The van der Waals surface area contributed by atoms with Gasteiger partial charge in [-0.05, 0) is 50.7 Å². The fourth-order valence-electron chi connectivity index (χ4n) is 3.77. The van der Waals surface area contributed by atoms with E-state index in [2.05, 4.69) is 52.3 Å². The maximum atomic E-state index is 9.44. The first-order valence-electron chi connectivity index (χ1n) is 9.05. The van der Waals surface area contributed by atoms with Crippen molar-refractivity contribution in [2.24, 2.45) is 0 Å². The molecule has 1 aromatic carbocycles. The fourth-order valence-corrected chi connectivity index (χ4v) is 3.77. The van der Waals surface area contributed by atoms with Crippen LogP contribution in [0, 0.1) is 11.3 Å². The number of piperazine rings is 1. The lowest BCUT2D eigenvalue weighted by Gasteiger charge is -2.37. The van der Waals surface area contributed by atoms with Gasteiger partial charge in [-0.2, -0.15) is 5.26 Å². The second kappa shape index (κ2) is 7.98. The van der Waals surface area contributed by atoms with Gasteiger partial charge in [0.1, 0.15) is 0 Å². The quantitative estimate of drug-likeness (QED) is 0.908. The van der Waals surface area contributed by atoms with Crippen molar-refractivity contribution in [2.45, 2.75) is 25.4 Å². The largest absolute Gasteiger partial charge is 0.371 e. The van der Waals surface area contributed by atoms with Crippen LogP contribution in [0.1, 0.15) is 24.0 Å². The molecule has 0 aromatic heterocycles. The molecule has 2 saturated heterocycles. The summed E-state index contributed by atoms with van der Waals surface area (Å²) in [5.74, 6) is 0. The molecule has 1 N–H and O–H groups in total. The van der Waals surface area contributed by atoms with Gasteiger partial charge in [0.15, 0.2) is 0 Å². The zero-order valence-electron chi connectivity index (χ0n) is 15.0. The number of nitrogens with zero attached hydrogens (tertiary/aromatic N) is 4. The van der Waals surface area contributed by atoms with Gasteiger partial charge in [-0.3, -0.25) is 4.90 Å². The van der Waals surface area contributed by atoms with Crippen molar-refractivity contribution >= 4 is 5.69 Å². The number of anilines is 1. The van der Waals surface area contributed by atoms with Crippen molar-refractivity contribution < 1.29 is 0 Å². The summed E-state index contributed by atoms with van der Waals surface area (Å²) >= 11 is 0. The van der Waals surface area contributed by atoms with Gasteiger partial charge < -0.3 is 15.1 Å². The molecule has 130 valence electrons. The predicted octanol–water partition coefficient (Wildman–Crippen LogP) is 1.49. The lowest BCUT2D eigenvalue weighted by Crippen LogP contribution is -2.43. The third-order valence-corrected chi connectivity index (χ3v) is 5.37. The molecule has 2 heterocycles. The smallest absolute Gasteiger partial charge is 0.0995 e. The first kappa shape index (κ1) is 17.2. The minimum Gasteiger partial charge on any atom is -0.371 e. The van der Waals surface area contributed by atoms with Crippen LogP contribution in [0.3, 0.4) is 0 Å². The highest BCUT2D eigenvalue weighted by Gasteiger charge is 2.21. The lowest BCUT2D eigenvalue weighted by atomic mass is 10.0. The number of hydrogen-bond acceptors (Lipinski definition) is 5. The highest BCUT2D eigenvalue weighted by Crippen LogP contribution is 2.25. The van der Waals surface area contributed by atoms with Gasteiger partial charge in [0.25, 0.3) is 0 Å². The summed E-state index contributed by atoms with van der Waals surface area (Å²) < 4.78 is 0.